The summed E-state index contributed by atoms with van der Waals surface area (Å²) in [6, 6.07) is 0. The molecule has 0 aromatic rings. The van der Waals surface area contributed by atoms with Crippen LogP contribution in [0.4, 0.5) is 0 Å². The average molecular weight is 325 g/mol. The summed E-state index contributed by atoms with van der Waals surface area (Å²) in [5, 5.41) is 0.281. The highest BCUT2D eigenvalue weighted by molar-refractivity contribution is 6.74. The standard InChI is InChI=1S/C19H36O2Si/c1-16(2,3)22(7,8)21-14-10-9-11-18(6)12-19(13-20-19)15(14)17(18,4)5/h14-15H,9-13H2,1-8H3/t14-,15+,18+,19?/m1/s1. The van der Waals surface area contributed by atoms with E-state index in [0.717, 1.165) is 6.61 Å². The first-order valence-electron chi connectivity index (χ1n) is 9.17. The SMILES string of the molecule is CC1(C)[C@@H]2[C@H](O[Si](C)(C)C(C)(C)C)CCC[C@@]1(C)CC21CO1. The summed E-state index contributed by atoms with van der Waals surface area (Å²) in [5.41, 5.74) is 0.873. The second-order valence-corrected chi connectivity index (χ2v) is 15.4. The van der Waals surface area contributed by atoms with Crippen LogP contribution in [0.15, 0.2) is 0 Å². The third-order valence-corrected chi connectivity index (χ3v) is 12.4. The van der Waals surface area contributed by atoms with Gasteiger partial charge in [0, 0.05) is 5.92 Å². The molecule has 1 spiro atoms. The lowest BCUT2D eigenvalue weighted by Gasteiger charge is -2.45. The van der Waals surface area contributed by atoms with E-state index in [2.05, 4.69) is 54.6 Å². The summed E-state index contributed by atoms with van der Waals surface area (Å²) in [6.45, 7) is 20.3. The lowest BCUT2D eigenvalue weighted by molar-refractivity contribution is 0.00736. The van der Waals surface area contributed by atoms with Crippen molar-refractivity contribution >= 4 is 8.32 Å². The fraction of sp³-hybridized carbons (Fsp3) is 1.00. The maximum absolute atomic E-state index is 6.97. The van der Waals surface area contributed by atoms with Crippen LogP contribution in [-0.4, -0.2) is 26.6 Å². The zero-order valence-corrected chi connectivity index (χ0v) is 17.0. The molecule has 128 valence electrons. The number of hydrogen-bond acceptors (Lipinski definition) is 2. The molecule has 0 aromatic heterocycles. The Hall–Kier alpha value is 0.137. The van der Waals surface area contributed by atoms with E-state index in [4.69, 9.17) is 9.16 Å². The summed E-state index contributed by atoms with van der Waals surface area (Å²) >= 11 is 0. The molecule has 3 rings (SSSR count). The van der Waals surface area contributed by atoms with E-state index in [0.29, 0.717) is 22.9 Å². The molecule has 2 bridgehead atoms. The Kier molecular flexibility index (Phi) is 3.55. The molecule has 4 atom stereocenters. The Bertz CT molecular complexity index is 459. The summed E-state index contributed by atoms with van der Waals surface area (Å²) in [6.07, 6.45) is 5.50. The number of epoxide rings is 1. The largest absolute Gasteiger partial charge is 0.414 e. The molecule has 2 nitrogen and oxygen atoms in total. The molecule has 1 aliphatic heterocycles. The molecule has 22 heavy (non-hydrogen) atoms. The summed E-state index contributed by atoms with van der Waals surface area (Å²) < 4.78 is 13.1. The second-order valence-electron chi connectivity index (χ2n) is 10.6. The van der Waals surface area contributed by atoms with E-state index >= 15 is 0 Å². The van der Waals surface area contributed by atoms with Crippen LogP contribution >= 0.6 is 0 Å². The van der Waals surface area contributed by atoms with Crippen LogP contribution in [-0.2, 0) is 9.16 Å². The predicted molar refractivity (Wildman–Crippen MR) is 94.6 cm³/mol. The maximum Gasteiger partial charge on any atom is 0.192 e. The van der Waals surface area contributed by atoms with E-state index in [1.807, 2.05) is 0 Å². The molecule has 0 radical (unpaired) electrons. The molecule has 3 heteroatoms. The van der Waals surface area contributed by atoms with Gasteiger partial charge in [0.1, 0.15) is 0 Å². The zero-order chi connectivity index (χ0) is 16.6. The molecule has 3 aliphatic rings. The van der Waals surface area contributed by atoms with Gasteiger partial charge in [-0.25, -0.2) is 0 Å². The monoisotopic (exact) mass is 324 g/mol. The molecule has 1 unspecified atom stereocenters. The van der Waals surface area contributed by atoms with Gasteiger partial charge in [0.2, 0.25) is 0 Å². The van der Waals surface area contributed by atoms with Crippen molar-refractivity contribution in [2.24, 2.45) is 16.7 Å². The van der Waals surface area contributed by atoms with Gasteiger partial charge in [0.05, 0.1) is 18.3 Å². The van der Waals surface area contributed by atoms with Crippen molar-refractivity contribution in [2.75, 3.05) is 6.61 Å². The van der Waals surface area contributed by atoms with Gasteiger partial charge in [-0.3, -0.25) is 0 Å². The maximum atomic E-state index is 6.97. The topological polar surface area (TPSA) is 21.8 Å². The fourth-order valence-electron chi connectivity index (χ4n) is 5.16. The van der Waals surface area contributed by atoms with Crippen molar-refractivity contribution in [2.45, 2.75) is 97.1 Å². The highest BCUT2D eigenvalue weighted by Gasteiger charge is 2.72. The van der Waals surface area contributed by atoms with E-state index in [1.54, 1.807) is 0 Å². The third kappa shape index (κ3) is 2.26. The van der Waals surface area contributed by atoms with Gasteiger partial charge in [-0.15, -0.1) is 0 Å². The van der Waals surface area contributed by atoms with E-state index in [9.17, 15) is 0 Å². The molecule has 1 heterocycles. The Morgan fingerprint density at radius 3 is 2.23 bits per heavy atom. The molecule has 2 aliphatic carbocycles. The third-order valence-electron chi connectivity index (χ3n) is 7.95. The summed E-state index contributed by atoms with van der Waals surface area (Å²) in [5.74, 6) is 0.571. The van der Waals surface area contributed by atoms with Gasteiger partial charge in [-0.2, -0.15) is 0 Å². The molecular formula is C19H36O2Si. The van der Waals surface area contributed by atoms with Crippen molar-refractivity contribution in [3.05, 3.63) is 0 Å². The quantitative estimate of drug-likeness (QED) is 0.502. The van der Waals surface area contributed by atoms with Crippen LogP contribution in [0.2, 0.25) is 18.1 Å². The van der Waals surface area contributed by atoms with Gasteiger partial charge < -0.3 is 9.16 Å². The second kappa shape index (κ2) is 4.61. The Labute approximate surface area is 138 Å². The first kappa shape index (κ1) is 17.0. The van der Waals surface area contributed by atoms with Crippen LogP contribution in [0, 0.1) is 16.7 Å². The normalized spacial score (nSPS) is 44.2. The molecule has 1 saturated heterocycles. The zero-order valence-electron chi connectivity index (χ0n) is 16.0. The minimum Gasteiger partial charge on any atom is -0.414 e. The van der Waals surface area contributed by atoms with Crippen LogP contribution < -0.4 is 0 Å². The minimum atomic E-state index is -1.73. The molecule has 0 amide bonds. The first-order valence-corrected chi connectivity index (χ1v) is 12.1. The number of rotatable bonds is 2. The molecule has 3 fully saturated rings. The lowest BCUT2D eigenvalue weighted by atomic mass is 9.64. The van der Waals surface area contributed by atoms with E-state index in [-0.39, 0.29) is 10.6 Å². The van der Waals surface area contributed by atoms with Gasteiger partial charge >= 0.3 is 0 Å². The minimum absolute atomic E-state index is 0.145. The van der Waals surface area contributed by atoms with Crippen LogP contribution in [0.25, 0.3) is 0 Å². The van der Waals surface area contributed by atoms with Crippen LogP contribution in [0.5, 0.6) is 0 Å². The van der Waals surface area contributed by atoms with Gasteiger partial charge in [-0.05, 0) is 48.2 Å². The highest BCUT2D eigenvalue weighted by atomic mass is 28.4. The molecule has 0 N–H and O–H groups in total. The van der Waals surface area contributed by atoms with Crippen LogP contribution in [0.1, 0.15) is 67.2 Å². The summed E-state index contributed by atoms with van der Waals surface area (Å²) in [7, 11) is -1.73. The Morgan fingerprint density at radius 2 is 1.73 bits per heavy atom. The molecular weight excluding hydrogens is 288 g/mol. The number of hydrogen-bond donors (Lipinski definition) is 0. The predicted octanol–water partition coefficient (Wildman–Crippen LogP) is 5.38. The van der Waals surface area contributed by atoms with Crippen molar-refractivity contribution in [3.8, 4) is 0 Å². The Balaban J connectivity index is 1.93. The first-order chi connectivity index (χ1) is 9.85. The number of fused-ring (bicyclic) bond motifs is 3. The lowest BCUT2D eigenvalue weighted by Crippen LogP contribution is -2.50. The van der Waals surface area contributed by atoms with E-state index in [1.165, 1.54) is 25.7 Å². The fourth-order valence-corrected chi connectivity index (χ4v) is 6.53. The van der Waals surface area contributed by atoms with Crippen molar-refractivity contribution in [3.63, 3.8) is 0 Å². The average Bonchev–Trinajstić information content (AvgIpc) is 3.02. The van der Waals surface area contributed by atoms with Gasteiger partial charge in [0.15, 0.2) is 8.32 Å². The van der Waals surface area contributed by atoms with Crippen molar-refractivity contribution in [1.29, 1.82) is 0 Å². The van der Waals surface area contributed by atoms with E-state index < -0.39 is 8.32 Å². The molecule has 0 aromatic carbocycles. The number of ether oxygens (including phenoxy) is 1. The highest BCUT2D eigenvalue weighted by Crippen LogP contribution is 2.70. The van der Waals surface area contributed by atoms with Crippen molar-refractivity contribution < 1.29 is 9.16 Å². The van der Waals surface area contributed by atoms with Gasteiger partial charge in [0.25, 0.3) is 0 Å². The Morgan fingerprint density at radius 1 is 1.14 bits per heavy atom. The molecule has 2 saturated carbocycles. The van der Waals surface area contributed by atoms with Gasteiger partial charge in [-0.1, -0.05) is 48.0 Å². The summed E-state index contributed by atoms with van der Waals surface area (Å²) in [4.78, 5) is 0. The van der Waals surface area contributed by atoms with Crippen LogP contribution in [0.3, 0.4) is 0 Å². The smallest absolute Gasteiger partial charge is 0.192 e. The van der Waals surface area contributed by atoms with Crippen molar-refractivity contribution in [1.82, 2.24) is 0 Å².